The molecular weight excluding hydrogens is 286 g/mol. The van der Waals surface area contributed by atoms with Crippen LogP contribution >= 0.6 is 11.6 Å². The van der Waals surface area contributed by atoms with Crippen molar-refractivity contribution in [2.24, 2.45) is 0 Å². The molecule has 1 N–H and O–H groups in total. The van der Waals surface area contributed by atoms with E-state index in [0.717, 1.165) is 5.56 Å². The predicted molar refractivity (Wildman–Crippen MR) is 81.1 cm³/mol. The molecule has 0 radical (unpaired) electrons. The van der Waals surface area contributed by atoms with Crippen LogP contribution in [0.3, 0.4) is 0 Å². The number of nitrogens with one attached hydrogen (secondary N) is 1. The molecule has 4 nitrogen and oxygen atoms in total. The lowest BCUT2D eigenvalue weighted by molar-refractivity contribution is -0.117. The smallest absolute Gasteiger partial charge is 0.262 e. The number of pyridine rings is 1. The average molecular weight is 298 g/mol. The van der Waals surface area contributed by atoms with Crippen molar-refractivity contribution < 1.29 is 4.79 Å². The molecule has 104 valence electrons. The van der Waals surface area contributed by atoms with Crippen LogP contribution in [0.5, 0.6) is 0 Å². The van der Waals surface area contributed by atoms with Gasteiger partial charge in [-0.1, -0.05) is 29.8 Å². The van der Waals surface area contributed by atoms with Crippen LogP contribution in [-0.2, 0) is 11.3 Å². The largest absolute Gasteiger partial charge is 0.347 e. The monoisotopic (exact) mass is 297 g/mol. The van der Waals surface area contributed by atoms with Crippen LogP contribution in [0.1, 0.15) is 11.3 Å². The summed E-state index contributed by atoms with van der Waals surface area (Å²) in [5.41, 5.74) is 1.49. The zero-order valence-corrected chi connectivity index (χ0v) is 11.8. The van der Waals surface area contributed by atoms with Gasteiger partial charge in [-0.25, -0.2) is 0 Å². The quantitative estimate of drug-likeness (QED) is 0.697. The summed E-state index contributed by atoms with van der Waals surface area (Å²) in [5.74, 6) is -0.432. The Balaban J connectivity index is 2.03. The first kappa shape index (κ1) is 14.8. The number of rotatable bonds is 4. The number of hydrogen-bond acceptors (Lipinski definition) is 3. The molecule has 0 aliphatic rings. The fraction of sp³-hybridized carbons (Fsp3) is 0.0625. The summed E-state index contributed by atoms with van der Waals surface area (Å²) in [6, 6.07) is 14.3. The van der Waals surface area contributed by atoms with Crippen LogP contribution in [0.15, 0.2) is 54.2 Å². The molecule has 0 fully saturated rings. The summed E-state index contributed by atoms with van der Waals surface area (Å²) in [5, 5.41) is 12.4. The van der Waals surface area contributed by atoms with E-state index < -0.39 is 5.91 Å². The lowest BCUT2D eigenvalue weighted by atomic mass is 10.2. The van der Waals surface area contributed by atoms with Crippen LogP contribution in [-0.4, -0.2) is 10.9 Å². The lowest BCUT2D eigenvalue weighted by Gasteiger charge is -2.04. The molecule has 1 aromatic heterocycles. The van der Waals surface area contributed by atoms with Crippen molar-refractivity contribution in [2.45, 2.75) is 6.54 Å². The van der Waals surface area contributed by atoms with E-state index in [2.05, 4.69) is 10.3 Å². The summed E-state index contributed by atoms with van der Waals surface area (Å²) < 4.78 is 0. The van der Waals surface area contributed by atoms with E-state index in [0.29, 0.717) is 17.3 Å². The summed E-state index contributed by atoms with van der Waals surface area (Å²) in [6.07, 6.45) is 3.06. The van der Waals surface area contributed by atoms with E-state index in [1.807, 2.05) is 18.2 Å². The first-order valence-corrected chi connectivity index (χ1v) is 6.62. The first-order valence-electron chi connectivity index (χ1n) is 6.24. The third-order valence-corrected chi connectivity index (χ3v) is 2.96. The predicted octanol–water partition coefficient (Wildman–Crippen LogP) is 2.96. The first-order chi connectivity index (χ1) is 10.2. The fourth-order valence-corrected chi connectivity index (χ4v) is 1.76. The molecule has 0 saturated heterocycles. The molecular formula is C16H12ClN3O. The van der Waals surface area contributed by atoms with Crippen molar-refractivity contribution in [3.05, 3.63) is 70.5 Å². The van der Waals surface area contributed by atoms with Gasteiger partial charge in [-0.3, -0.25) is 9.78 Å². The Kier molecular flexibility index (Phi) is 5.08. The molecule has 5 heteroatoms. The third-order valence-electron chi connectivity index (χ3n) is 2.71. The second-order valence-electron chi connectivity index (χ2n) is 4.23. The number of benzene rings is 1. The maximum Gasteiger partial charge on any atom is 0.262 e. The molecule has 2 aromatic rings. The molecule has 1 aromatic carbocycles. The second-order valence-corrected chi connectivity index (χ2v) is 4.67. The highest BCUT2D eigenvalue weighted by molar-refractivity contribution is 6.30. The summed E-state index contributed by atoms with van der Waals surface area (Å²) >= 11 is 5.79. The van der Waals surface area contributed by atoms with E-state index in [1.54, 1.807) is 36.5 Å². The maximum absolute atomic E-state index is 12.0. The minimum Gasteiger partial charge on any atom is -0.347 e. The van der Waals surface area contributed by atoms with Crippen molar-refractivity contribution in [1.29, 1.82) is 5.26 Å². The second kappa shape index (κ2) is 7.22. The Morgan fingerprint density at radius 3 is 2.67 bits per heavy atom. The van der Waals surface area contributed by atoms with Crippen LogP contribution < -0.4 is 5.32 Å². The highest BCUT2D eigenvalue weighted by Gasteiger charge is 2.08. The van der Waals surface area contributed by atoms with Gasteiger partial charge >= 0.3 is 0 Å². The molecule has 0 spiro atoms. The molecule has 1 amide bonds. The van der Waals surface area contributed by atoms with Crippen LogP contribution in [0.2, 0.25) is 5.02 Å². The number of nitrogens with zero attached hydrogens (tertiary/aromatic N) is 2. The van der Waals surface area contributed by atoms with Gasteiger partial charge in [-0.05, 0) is 35.9 Å². The molecule has 21 heavy (non-hydrogen) atoms. The van der Waals surface area contributed by atoms with E-state index >= 15 is 0 Å². The van der Waals surface area contributed by atoms with Crippen LogP contribution in [0.4, 0.5) is 0 Å². The van der Waals surface area contributed by atoms with Crippen molar-refractivity contribution in [2.75, 3.05) is 0 Å². The minimum atomic E-state index is -0.432. The summed E-state index contributed by atoms with van der Waals surface area (Å²) in [6.45, 7) is 0.331. The molecule has 1 heterocycles. The number of aromatic nitrogens is 1. The number of halogens is 1. The van der Waals surface area contributed by atoms with Gasteiger partial charge < -0.3 is 5.32 Å². The Bertz CT molecular complexity index is 688. The minimum absolute atomic E-state index is 0.0164. The van der Waals surface area contributed by atoms with Crippen LogP contribution in [0, 0.1) is 11.3 Å². The van der Waals surface area contributed by atoms with Gasteiger partial charge in [0.25, 0.3) is 5.91 Å². The van der Waals surface area contributed by atoms with Gasteiger partial charge in [0.2, 0.25) is 0 Å². The van der Waals surface area contributed by atoms with Gasteiger partial charge in [0.1, 0.15) is 11.6 Å². The Hall–Kier alpha value is -2.64. The molecule has 0 unspecified atom stereocenters. The Morgan fingerprint density at radius 2 is 2.05 bits per heavy atom. The Labute approximate surface area is 127 Å². The zero-order valence-electron chi connectivity index (χ0n) is 11.1. The molecule has 2 rings (SSSR count). The van der Waals surface area contributed by atoms with E-state index in [-0.39, 0.29) is 5.57 Å². The van der Waals surface area contributed by atoms with Gasteiger partial charge in [0.05, 0.1) is 5.69 Å². The normalized spacial score (nSPS) is 10.8. The van der Waals surface area contributed by atoms with E-state index in [4.69, 9.17) is 16.9 Å². The number of nitriles is 1. The van der Waals surface area contributed by atoms with Crippen molar-refractivity contribution in [3.8, 4) is 6.07 Å². The van der Waals surface area contributed by atoms with Gasteiger partial charge in [0.15, 0.2) is 0 Å². The van der Waals surface area contributed by atoms with E-state index in [1.165, 1.54) is 6.08 Å². The summed E-state index contributed by atoms with van der Waals surface area (Å²) in [4.78, 5) is 16.0. The zero-order chi connectivity index (χ0) is 15.1. The number of amides is 1. The molecule has 0 saturated carbocycles. The standard InChI is InChI=1S/C16H12ClN3O/c17-14-6-4-12(5-7-14)11-20-16(21)13(10-18)9-15-3-1-2-8-19-15/h1-9H,11H2,(H,20,21)/b13-9-. The van der Waals surface area contributed by atoms with Crippen molar-refractivity contribution >= 4 is 23.6 Å². The van der Waals surface area contributed by atoms with Crippen molar-refractivity contribution in [1.82, 2.24) is 10.3 Å². The Morgan fingerprint density at radius 1 is 1.29 bits per heavy atom. The summed E-state index contributed by atoms with van der Waals surface area (Å²) in [7, 11) is 0. The SMILES string of the molecule is N#C/C(=C/c1ccccn1)C(=O)NCc1ccc(Cl)cc1. The maximum atomic E-state index is 12.0. The number of hydrogen-bond donors (Lipinski definition) is 1. The highest BCUT2D eigenvalue weighted by atomic mass is 35.5. The molecule has 0 aliphatic carbocycles. The van der Waals surface area contributed by atoms with Gasteiger partial charge in [-0.15, -0.1) is 0 Å². The van der Waals surface area contributed by atoms with Gasteiger partial charge in [0, 0.05) is 17.8 Å². The van der Waals surface area contributed by atoms with Gasteiger partial charge in [-0.2, -0.15) is 5.26 Å². The molecule has 0 bridgehead atoms. The molecule has 0 aliphatic heterocycles. The molecule has 0 atom stereocenters. The third kappa shape index (κ3) is 4.44. The van der Waals surface area contributed by atoms with Crippen LogP contribution in [0.25, 0.3) is 6.08 Å². The average Bonchev–Trinajstić information content (AvgIpc) is 2.52. The highest BCUT2D eigenvalue weighted by Crippen LogP contribution is 2.09. The van der Waals surface area contributed by atoms with Crippen molar-refractivity contribution in [3.63, 3.8) is 0 Å². The number of carbonyl (C=O) groups is 1. The van der Waals surface area contributed by atoms with E-state index in [9.17, 15) is 4.79 Å². The number of carbonyl (C=O) groups excluding carboxylic acids is 1. The topological polar surface area (TPSA) is 65.8 Å². The lowest BCUT2D eigenvalue weighted by Crippen LogP contribution is -2.23. The fourth-order valence-electron chi connectivity index (χ4n) is 1.64.